The zero-order chi connectivity index (χ0) is 13.4. The van der Waals surface area contributed by atoms with Gasteiger partial charge >= 0.3 is 0 Å². The van der Waals surface area contributed by atoms with Gasteiger partial charge in [0.25, 0.3) is 0 Å². The summed E-state index contributed by atoms with van der Waals surface area (Å²) < 4.78 is 5.54. The third-order valence-electron chi connectivity index (χ3n) is 2.36. The Labute approximate surface area is 106 Å². The number of nitrogens with one attached hydrogen (secondary N) is 1. The molecule has 0 atom stereocenters. The van der Waals surface area contributed by atoms with Crippen molar-refractivity contribution in [1.82, 2.24) is 5.32 Å². The van der Waals surface area contributed by atoms with E-state index >= 15 is 0 Å². The Morgan fingerprint density at radius 3 is 2.72 bits per heavy atom. The van der Waals surface area contributed by atoms with Gasteiger partial charge in [0.05, 0.1) is 13.2 Å². The van der Waals surface area contributed by atoms with Gasteiger partial charge in [0.2, 0.25) is 11.8 Å². The van der Waals surface area contributed by atoms with Crippen LogP contribution in [0.15, 0.2) is 24.3 Å². The smallest absolute Gasteiger partial charge is 0.236 e. The average Bonchev–Trinajstić information content (AvgIpc) is 2.34. The van der Waals surface area contributed by atoms with Crippen molar-refractivity contribution in [3.05, 3.63) is 29.8 Å². The molecule has 0 saturated heterocycles. The summed E-state index contributed by atoms with van der Waals surface area (Å²) in [5.41, 5.74) is 5.98. The molecule has 98 valence electrons. The quantitative estimate of drug-likeness (QED) is 0.701. The van der Waals surface area contributed by atoms with E-state index in [0.29, 0.717) is 19.4 Å². The van der Waals surface area contributed by atoms with Crippen LogP contribution in [0.5, 0.6) is 5.75 Å². The van der Waals surface area contributed by atoms with Crippen LogP contribution in [-0.2, 0) is 9.59 Å². The molecule has 1 rings (SSSR count). The van der Waals surface area contributed by atoms with E-state index in [1.165, 1.54) is 0 Å². The van der Waals surface area contributed by atoms with Gasteiger partial charge in [-0.25, -0.2) is 0 Å². The number of hydrogen-bond acceptors (Lipinski definition) is 3. The third-order valence-corrected chi connectivity index (χ3v) is 2.36. The monoisotopic (exact) mass is 250 g/mol. The number of carbonyl (C=O) groups excluding carboxylic acids is 2. The molecule has 5 nitrogen and oxygen atoms in total. The molecule has 0 unspecified atom stereocenters. The minimum absolute atomic E-state index is 0.114. The van der Waals surface area contributed by atoms with Crippen LogP contribution in [0.4, 0.5) is 0 Å². The highest BCUT2D eigenvalue weighted by atomic mass is 16.5. The zero-order valence-corrected chi connectivity index (χ0v) is 10.4. The number of ether oxygens (including phenoxy) is 1. The Bertz CT molecular complexity index is 418. The van der Waals surface area contributed by atoms with Crippen molar-refractivity contribution in [1.29, 1.82) is 0 Å². The highest BCUT2D eigenvalue weighted by Gasteiger charge is 2.03. The maximum Gasteiger partial charge on any atom is 0.236 e. The average molecular weight is 250 g/mol. The molecule has 3 N–H and O–H groups in total. The standard InChI is InChI=1S/C13H18N2O3/c1-10-5-2-3-6-11(10)18-8-4-7-13(17)15-9-12(14)16/h2-3,5-6H,4,7-9H2,1H3,(H2,14,16)(H,15,17). The van der Waals surface area contributed by atoms with Crippen molar-refractivity contribution in [2.75, 3.05) is 13.2 Å². The summed E-state index contributed by atoms with van der Waals surface area (Å²) in [5.74, 6) is 0.0942. The molecule has 2 amide bonds. The lowest BCUT2D eigenvalue weighted by Crippen LogP contribution is -2.33. The molecule has 0 saturated carbocycles. The molecule has 0 radical (unpaired) electrons. The van der Waals surface area contributed by atoms with Crippen LogP contribution in [-0.4, -0.2) is 25.0 Å². The van der Waals surface area contributed by atoms with Crippen LogP contribution in [0, 0.1) is 6.92 Å². The van der Waals surface area contributed by atoms with E-state index < -0.39 is 5.91 Å². The predicted octanol–water partition coefficient (Wildman–Crippen LogP) is 0.756. The molecule has 0 aliphatic heterocycles. The normalized spacial score (nSPS) is 9.83. The van der Waals surface area contributed by atoms with E-state index in [0.717, 1.165) is 11.3 Å². The van der Waals surface area contributed by atoms with Gasteiger partial charge in [0.15, 0.2) is 0 Å². The number of aryl methyl sites for hydroxylation is 1. The van der Waals surface area contributed by atoms with Gasteiger partial charge in [0.1, 0.15) is 5.75 Å². The van der Waals surface area contributed by atoms with E-state index in [4.69, 9.17) is 10.5 Å². The Morgan fingerprint density at radius 2 is 2.06 bits per heavy atom. The molecular formula is C13H18N2O3. The fourth-order valence-electron chi connectivity index (χ4n) is 1.41. The summed E-state index contributed by atoms with van der Waals surface area (Å²) in [6, 6.07) is 7.71. The summed E-state index contributed by atoms with van der Waals surface area (Å²) in [5, 5.41) is 2.42. The molecule has 1 aromatic rings. The Hall–Kier alpha value is -2.04. The van der Waals surface area contributed by atoms with E-state index in [1.807, 2.05) is 31.2 Å². The van der Waals surface area contributed by atoms with Crippen LogP contribution in [0.25, 0.3) is 0 Å². The second-order valence-corrected chi connectivity index (χ2v) is 3.96. The van der Waals surface area contributed by atoms with Gasteiger partial charge in [-0.3, -0.25) is 9.59 Å². The van der Waals surface area contributed by atoms with Gasteiger partial charge < -0.3 is 15.8 Å². The van der Waals surface area contributed by atoms with Gasteiger partial charge in [-0.05, 0) is 25.0 Å². The van der Waals surface area contributed by atoms with Crippen molar-refractivity contribution in [2.24, 2.45) is 5.73 Å². The lowest BCUT2D eigenvalue weighted by Gasteiger charge is -2.08. The summed E-state index contributed by atoms with van der Waals surface area (Å²) in [4.78, 5) is 21.7. The first-order valence-electron chi connectivity index (χ1n) is 5.83. The molecule has 0 aliphatic rings. The molecule has 0 fully saturated rings. The topological polar surface area (TPSA) is 81.4 Å². The largest absolute Gasteiger partial charge is 0.493 e. The van der Waals surface area contributed by atoms with Gasteiger partial charge in [-0.2, -0.15) is 0 Å². The molecule has 0 aromatic heterocycles. The van der Waals surface area contributed by atoms with Crippen LogP contribution in [0.1, 0.15) is 18.4 Å². The fraction of sp³-hybridized carbons (Fsp3) is 0.385. The van der Waals surface area contributed by atoms with Gasteiger partial charge in [-0.1, -0.05) is 18.2 Å². The van der Waals surface area contributed by atoms with Gasteiger partial charge in [-0.15, -0.1) is 0 Å². The van der Waals surface area contributed by atoms with Crippen molar-refractivity contribution >= 4 is 11.8 Å². The number of amides is 2. The Kier molecular flexibility index (Phi) is 5.70. The molecule has 5 heteroatoms. The molecule has 0 heterocycles. The van der Waals surface area contributed by atoms with Crippen molar-refractivity contribution in [2.45, 2.75) is 19.8 Å². The fourth-order valence-corrected chi connectivity index (χ4v) is 1.41. The van der Waals surface area contributed by atoms with Crippen molar-refractivity contribution in [3.8, 4) is 5.75 Å². The molecule has 0 bridgehead atoms. The number of carbonyl (C=O) groups is 2. The number of rotatable bonds is 7. The Morgan fingerprint density at radius 1 is 1.33 bits per heavy atom. The second kappa shape index (κ2) is 7.32. The van der Waals surface area contributed by atoms with E-state index in [9.17, 15) is 9.59 Å². The molecule has 1 aromatic carbocycles. The highest BCUT2D eigenvalue weighted by molar-refractivity contribution is 5.83. The van der Waals surface area contributed by atoms with Crippen LogP contribution >= 0.6 is 0 Å². The lowest BCUT2D eigenvalue weighted by atomic mass is 10.2. The lowest BCUT2D eigenvalue weighted by molar-refractivity contribution is -0.124. The van der Waals surface area contributed by atoms with E-state index in [1.54, 1.807) is 0 Å². The first kappa shape index (κ1) is 14.0. The summed E-state index contributed by atoms with van der Waals surface area (Å²) >= 11 is 0. The maximum atomic E-state index is 11.3. The number of para-hydroxylation sites is 1. The first-order chi connectivity index (χ1) is 8.59. The van der Waals surface area contributed by atoms with E-state index in [2.05, 4.69) is 5.32 Å². The Balaban J connectivity index is 2.17. The summed E-state index contributed by atoms with van der Waals surface area (Å²) in [7, 11) is 0. The number of nitrogens with two attached hydrogens (primary N) is 1. The minimum atomic E-state index is -0.542. The minimum Gasteiger partial charge on any atom is -0.493 e. The second-order valence-electron chi connectivity index (χ2n) is 3.96. The predicted molar refractivity (Wildman–Crippen MR) is 68.1 cm³/mol. The van der Waals surface area contributed by atoms with E-state index in [-0.39, 0.29) is 12.5 Å². The van der Waals surface area contributed by atoms with Crippen LogP contribution in [0.3, 0.4) is 0 Å². The molecule has 0 spiro atoms. The molecule has 0 aliphatic carbocycles. The van der Waals surface area contributed by atoms with Crippen LogP contribution < -0.4 is 15.8 Å². The molecule has 18 heavy (non-hydrogen) atoms. The number of benzene rings is 1. The van der Waals surface area contributed by atoms with Crippen molar-refractivity contribution in [3.63, 3.8) is 0 Å². The van der Waals surface area contributed by atoms with Crippen molar-refractivity contribution < 1.29 is 14.3 Å². The maximum absolute atomic E-state index is 11.3. The van der Waals surface area contributed by atoms with Gasteiger partial charge in [0, 0.05) is 6.42 Å². The zero-order valence-electron chi connectivity index (χ0n) is 10.4. The number of primary amides is 1. The molecular weight excluding hydrogens is 232 g/mol. The number of hydrogen-bond donors (Lipinski definition) is 2. The summed E-state index contributed by atoms with van der Waals surface area (Å²) in [6.07, 6.45) is 0.915. The highest BCUT2D eigenvalue weighted by Crippen LogP contribution is 2.16. The third kappa shape index (κ3) is 5.34. The SMILES string of the molecule is Cc1ccccc1OCCCC(=O)NCC(N)=O. The first-order valence-corrected chi connectivity index (χ1v) is 5.83. The summed E-state index contributed by atoms with van der Waals surface area (Å²) in [6.45, 7) is 2.32. The van der Waals surface area contributed by atoms with Crippen LogP contribution in [0.2, 0.25) is 0 Å².